The fourth-order valence-electron chi connectivity index (χ4n) is 9.42. The van der Waals surface area contributed by atoms with Crippen LogP contribution in [0, 0.1) is 17.7 Å². The van der Waals surface area contributed by atoms with Crippen LogP contribution >= 0.6 is 0 Å². The maximum Gasteiger partial charge on any atom is 0.253 e. The first-order valence-electron chi connectivity index (χ1n) is 19.2. The highest BCUT2D eigenvalue weighted by Crippen LogP contribution is 2.34. The predicted molar refractivity (Wildman–Crippen MR) is 192 cm³/mol. The number of likely N-dealkylation sites (tertiary alicyclic amines) is 2. The quantitative estimate of drug-likeness (QED) is 0.505. The van der Waals surface area contributed by atoms with E-state index in [1.165, 1.54) is 29.8 Å². The SMILES string of the molecule is O=C1CC2(CCN(C(=O)c3ccc(F)cc3)CC2)NC(=O)[C@@H]2CCCN2C2CCN(CC2)C(=O)C[C@@H]2CCN(Cc3ccccc3)C[C@@H]2CCN1. The Hall–Kier alpha value is -3.83. The third kappa shape index (κ3) is 8.46. The number of nitrogens with zero attached hydrogens (tertiary/aromatic N) is 4. The van der Waals surface area contributed by atoms with Gasteiger partial charge in [-0.3, -0.25) is 29.0 Å². The van der Waals surface area contributed by atoms with E-state index in [2.05, 4.69) is 49.6 Å². The molecule has 6 heterocycles. The van der Waals surface area contributed by atoms with E-state index in [4.69, 9.17) is 0 Å². The number of hydrogen-bond donors (Lipinski definition) is 2. The highest BCUT2D eigenvalue weighted by Gasteiger charge is 2.44. The van der Waals surface area contributed by atoms with Gasteiger partial charge in [-0.05, 0) is 106 Å². The average Bonchev–Trinajstić information content (AvgIpc) is 3.64. The van der Waals surface area contributed by atoms with Crippen LogP contribution in [0.15, 0.2) is 54.6 Å². The molecule has 0 aromatic heterocycles. The van der Waals surface area contributed by atoms with Gasteiger partial charge in [-0.2, -0.15) is 0 Å². The molecule has 6 fully saturated rings. The summed E-state index contributed by atoms with van der Waals surface area (Å²) in [5.41, 5.74) is 0.939. The molecule has 0 unspecified atom stereocenters. The molecule has 6 saturated heterocycles. The van der Waals surface area contributed by atoms with Crippen LogP contribution in [0.5, 0.6) is 0 Å². The van der Waals surface area contributed by atoms with Gasteiger partial charge >= 0.3 is 0 Å². The van der Waals surface area contributed by atoms with E-state index in [1.54, 1.807) is 4.90 Å². The van der Waals surface area contributed by atoms with Crippen molar-refractivity contribution in [3.63, 3.8) is 0 Å². The van der Waals surface area contributed by atoms with Gasteiger partial charge in [0.2, 0.25) is 17.7 Å². The van der Waals surface area contributed by atoms with Crippen molar-refractivity contribution in [3.05, 3.63) is 71.5 Å². The minimum Gasteiger partial charge on any atom is -0.356 e. The molecule has 2 aromatic rings. The highest BCUT2D eigenvalue weighted by molar-refractivity contribution is 5.94. The predicted octanol–water partition coefficient (Wildman–Crippen LogP) is 3.81. The summed E-state index contributed by atoms with van der Waals surface area (Å²) in [5, 5.41) is 6.57. The van der Waals surface area contributed by atoms with E-state index < -0.39 is 11.4 Å². The Morgan fingerprint density at radius 3 is 2.31 bits per heavy atom. The van der Waals surface area contributed by atoms with Crippen LogP contribution in [0.1, 0.15) is 80.1 Å². The van der Waals surface area contributed by atoms with Gasteiger partial charge < -0.3 is 20.4 Å². The minimum atomic E-state index is -0.768. The number of benzene rings is 2. The topological polar surface area (TPSA) is 105 Å². The molecule has 2 N–H and O–H groups in total. The number of fused-ring (bicyclic) bond motifs is 8. The van der Waals surface area contributed by atoms with E-state index in [1.807, 2.05) is 6.07 Å². The Morgan fingerprint density at radius 1 is 0.824 bits per heavy atom. The molecule has 2 bridgehead atoms. The normalized spacial score (nSPS) is 27.3. The monoisotopic (exact) mass is 700 g/mol. The number of amides is 4. The highest BCUT2D eigenvalue weighted by atomic mass is 19.1. The van der Waals surface area contributed by atoms with E-state index in [0.29, 0.717) is 44.5 Å². The Morgan fingerprint density at radius 2 is 1.57 bits per heavy atom. The number of carbonyl (C=O) groups is 4. The van der Waals surface area contributed by atoms with E-state index in [0.717, 1.165) is 77.8 Å². The van der Waals surface area contributed by atoms with Gasteiger partial charge in [0.15, 0.2) is 0 Å². The number of halogens is 1. The molecule has 3 atom stereocenters. The third-order valence-electron chi connectivity index (χ3n) is 12.4. The van der Waals surface area contributed by atoms with Gasteiger partial charge in [0.25, 0.3) is 5.91 Å². The van der Waals surface area contributed by atoms with Crippen molar-refractivity contribution in [2.75, 3.05) is 52.4 Å². The summed E-state index contributed by atoms with van der Waals surface area (Å²) in [6.45, 7) is 6.32. The molecule has 6 aliphatic rings. The zero-order valence-electron chi connectivity index (χ0n) is 29.7. The van der Waals surface area contributed by atoms with Gasteiger partial charge in [-0.25, -0.2) is 4.39 Å². The zero-order valence-corrected chi connectivity index (χ0v) is 29.7. The lowest BCUT2D eigenvalue weighted by Crippen LogP contribution is -2.61. The largest absolute Gasteiger partial charge is 0.356 e. The second-order valence-corrected chi connectivity index (χ2v) is 15.6. The second-order valence-electron chi connectivity index (χ2n) is 15.6. The number of nitrogens with one attached hydrogen (secondary N) is 2. The van der Waals surface area contributed by atoms with Crippen molar-refractivity contribution in [2.24, 2.45) is 11.8 Å². The Balaban J connectivity index is 1.08. The van der Waals surface area contributed by atoms with E-state index >= 15 is 0 Å². The van der Waals surface area contributed by atoms with Crippen LogP contribution in [-0.4, -0.2) is 113 Å². The molecule has 4 amide bonds. The summed E-state index contributed by atoms with van der Waals surface area (Å²) < 4.78 is 13.5. The van der Waals surface area contributed by atoms with Crippen molar-refractivity contribution < 1.29 is 23.6 Å². The number of carbonyl (C=O) groups excluding carboxylic acids is 4. The van der Waals surface area contributed by atoms with Crippen molar-refractivity contribution in [2.45, 2.75) is 88.4 Å². The van der Waals surface area contributed by atoms with Crippen LogP contribution in [-0.2, 0) is 20.9 Å². The van der Waals surface area contributed by atoms with Crippen molar-refractivity contribution >= 4 is 23.6 Å². The van der Waals surface area contributed by atoms with Crippen LogP contribution in [0.4, 0.5) is 4.39 Å². The van der Waals surface area contributed by atoms with Crippen LogP contribution in [0.25, 0.3) is 0 Å². The average molecular weight is 701 g/mol. The minimum absolute atomic E-state index is 0.0400. The van der Waals surface area contributed by atoms with Crippen LogP contribution < -0.4 is 10.6 Å². The van der Waals surface area contributed by atoms with Crippen molar-refractivity contribution in [3.8, 4) is 0 Å². The summed E-state index contributed by atoms with van der Waals surface area (Å²) in [6, 6.07) is 16.1. The summed E-state index contributed by atoms with van der Waals surface area (Å²) >= 11 is 0. The molecular weight excluding hydrogens is 647 g/mol. The first-order chi connectivity index (χ1) is 24.7. The number of piperidine rings is 3. The molecule has 274 valence electrons. The van der Waals surface area contributed by atoms with E-state index in [9.17, 15) is 23.6 Å². The Labute approximate surface area is 301 Å². The van der Waals surface area contributed by atoms with Gasteiger partial charge in [-0.1, -0.05) is 30.3 Å². The lowest BCUT2D eigenvalue weighted by molar-refractivity contribution is -0.136. The molecule has 6 aliphatic heterocycles. The Kier molecular flexibility index (Phi) is 11.0. The smallest absolute Gasteiger partial charge is 0.253 e. The maximum atomic E-state index is 14.1. The lowest BCUT2D eigenvalue weighted by Gasteiger charge is -2.44. The molecule has 11 heteroatoms. The maximum absolute atomic E-state index is 14.1. The standard InChI is InChI=1S/C40H53FN6O4/c41-33-10-8-30(9-11-33)39(51)46-23-16-40(17-24-46)26-36(48)42-18-12-32-28-44(27-29-5-2-1-3-6-29)20-13-31(32)25-37(49)45-21-14-34(15-22-45)47-19-4-7-35(47)38(50)43-40/h1-3,5-6,8-11,31-32,34-35H,4,7,12-28H2,(H,42,48)(H,43,50)/t31-,32-,35-/m0/s1. The second kappa shape index (κ2) is 15.8. The van der Waals surface area contributed by atoms with Crippen LogP contribution in [0.2, 0.25) is 0 Å². The molecule has 0 aliphatic carbocycles. The first-order valence-corrected chi connectivity index (χ1v) is 19.2. The molecule has 51 heavy (non-hydrogen) atoms. The molecule has 1 spiro atoms. The van der Waals surface area contributed by atoms with Crippen molar-refractivity contribution in [1.29, 1.82) is 0 Å². The first kappa shape index (κ1) is 35.6. The van der Waals surface area contributed by atoms with Gasteiger partial charge in [0.1, 0.15) is 5.82 Å². The molecule has 8 rings (SSSR count). The van der Waals surface area contributed by atoms with Gasteiger partial charge in [0.05, 0.1) is 11.6 Å². The third-order valence-corrected chi connectivity index (χ3v) is 12.4. The molecule has 0 saturated carbocycles. The molecular formula is C40H53FN6O4. The Bertz CT molecular complexity index is 1540. The number of hydrogen-bond acceptors (Lipinski definition) is 6. The van der Waals surface area contributed by atoms with Crippen LogP contribution in [0.3, 0.4) is 0 Å². The summed E-state index contributed by atoms with van der Waals surface area (Å²) in [7, 11) is 0. The summed E-state index contributed by atoms with van der Waals surface area (Å²) in [4.78, 5) is 63.4. The fraction of sp³-hybridized carbons (Fsp3) is 0.600. The molecule has 10 nitrogen and oxygen atoms in total. The van der Waals surface area contributed by atoms with E-state index in [-0.39, 0.29) is 54.0 Å². The lowest BCUT2D eigenvalue weighted by atomic mass is 9.80. The number of rotatable bonds is 3. The molecule has 2 aromatic carbocycles. The van der Waals surface area contributed by atoms with Gasteiger partial charge in [0, 0.05) is 70.3 Å². The zero-order chi connectivity index (χ0) is 35.4. The molecule has 0 radical (unpaired) electrons. The fourth-order valence-corrected chi connectivity index (χ4v) is 9.42. The van der Waals surface area contributed by atoms with Crippen molar-refractivity contribution in [1.82, 2.24) is 30.2 Å². The summed E-state index contributed by atoms with van der Waals surface area (Å²) in [6.07, 6.45) is 6.81. The summed E-state index contributed by atoms with van der Waals surface area (Å²) in [5.74, 6) is 0.0913. The van der Waals surface area contributed by atoms with Gasteiger partial charge in [-0.15, -0.1) is 0 Å².